The van der Waals surface area contributed by atoms with Crippen molar-refractivity contribution in [3.63, 3.8) is 0 Å². The number of rotatable bonds is 3. The van der Waals surface area contributed by atoms with Crippen LogP contribution in [0.5, 0.6) is 0 Å². The minimum Gasteiger partial charge on any atom is -0.464 e. The van der Waals surface area contributed by atoms with Crippen LogP contribution in [0.4, 0.5) is 5.69 Å². The Morgan fingerprint density at radius 3 is 2.64 bits per heavy atom. The average Bonchev–Trinajstić information content (AvgIpc) is 2.93. The summed E-state index contributed by atoms with van der Waals surface area (Å²) in [5.41, 5.74) is 1.93. The molecule has 0 fully saturated rings. The van der Waals surface area contributed by atoms with E-state index in [1.807, 2.05) is 18.2 Å². The number of carbonyl (C=O) groups is 2. The number of methoxy groups -OCH3 is 1. The van der Waals surface area contributed by atoms with Crippen molar-refractivity contribution >= 4 is 17.6 Å². The molecule has 6 heteroatoms. The average molecular weight is 301 g/mol. The maximum absolute atomic E-state index is 12.3. The Bertz CT molecular complexity index is 699. The predicted molar refractivity (Wildman–Crippen MR) is 83.0 cm³/mol. The number of anilines is 1. The van der Waals surface area contributed by atoms with Gasteiger partial charge >= 0.3 is 5.97 Å². The lowest BCUT2D eigenvalue weighted by molar-refractivity contribution is 0.0595. The molecular weight excluding hydrogens is 282 g/mol. The standard InChI is InChI=1S/C16H19N3O3/c1-16(2,3)11-7-5-6-10(8-11)14(20)18-12-9-17-19-13(12)15(21)22-4/h5-9H,1-4H3,(H,17,19)(H,18,20). The molecule has 116 valence electrons. The lowest BCUT2D eigenvalue weighted by atomic mass is 9.86. The lowest BCUT2D eigenvalue weighted by Gasteiger charge is -2.19. The van der Waals surface area contributed by atoms with Crippen LogP contribution in [0, 0.1) is 0 Å². The van der Waals surface area contributed by atoms with Crippen LogP contribution in [0.2, 0.25) is 0 Å². The van der Waals surface area contributed by atoms with Gasteiger partial charge in [-0.15, -0.1) is 0 Å². The van der Waals surface area contributed by atoms with Crippen LogP contribution in [0.3, 0.4) is 0 Å². The summed E-state index contributed by atoms with van der Waals surface area (Å²) in [5.74, 6) is -0.895. The van der Waals surface area contributed by atoms with E-state index in [-0.39, 0.29) is 22.7 Å². The van der Waals surface area contributed by atoms with Gasteiger partial charge in [-0.2, -0.15) is 5.10 Å². The fourth-order valence-corrected chi connectivity index (χ4v) is 1.96. The van der Waals surface area contributed by atoms with E-state index in [2.05, 4.69) is 41.0 Å². The van der Waals surface area contributed by atoms with Crippen molar-refractivity contribution < 1.29 is 14.3 Å². The first-order chi connectivity index (χ1) is 10.3. The number of carbonyl (C=O) groups excluding carboxylic acids is 2. The number of H-pyrrole nitrogens is 1. The van der Waals surface area contributed by atoms with Gasteiger partial charge in [0, 0.05) is 5.56 Å². The van der Waals surface area contributed by atoms with Crippen molar-refractivity contribution in [3.05, 3.63) is 47.3 Å². The van der Waals surface area contributed by atoms with Crippen molar-refractivity contribution in [1.29, 1.82) is 0 Å². The molecule has 6 nitrogen and oxygen atoms in total. The van der Waals surface area contributed by atoms with Crippen molar-refractivity contribution in [2.45, 2.75) is 26.2 Å². The van der Waals surface area contributed by atoms with E-state index in [1.165, 1.54) is 13.3 Å². The highest BCUT2D eigenvalue weighted by atomic mass is 16.5. The Balaban J connectivity index is 2.24. The quantitative estimate of drug-likeness (QED) is 0.854. The number of nitrogens with one attached hydrogen (secondary N) is 2. The minimum atomic E-state index is -0.587. The molecular formula is C16H19N3O3. The molecule has 0 saturated heterocycles. The third kappa shape index (κ3) is 3.33. The van der Waals surface area contributed by atoms with Crippen LogP contribution in [0.1, 0.15) is 47.2 Å². The van der Waals surface area contributed by atoms with Crippen molar-refractivity contribution in [3.8, 4) is 0 Å². The topological polar surface area (TPSA) is 84.1 Å². The Hall–Kier alpha value is -2.63. The number of hydrogen-bond acceptors (Lipinski definition) is 4. The molecule has 0 aliphatic heterocycles. The second kappa shape index (κ2) is 6.01. The van der Waals surface area contributed by atoms with Crippen LogP contribution >= 0.6 is 0 Å². The van der Waals surface area contributed by atoms with Gasteiger partial charge in [-0.3, -0.25) is 9.89 Å². The Morgan fingerprint density at radius 1 is 1.27 bits per heavy atom. The highest BCUT2D eigenvalue weighted by molar-refractivity contribution is 6.07. The summed E-state index contributed by atoms with van der Waals surface area (Å²) in [6.45, 7) is 6.24. The van der Waals surface area contributed by atoms with E-state index in [0.717, 1.165) is 5.56 Å². The van der Waals surface area contributed by atoms with Crippen LogP contribution in [-0.2, 0) is 10.2 Å². The van der Waals surface area contributed by atoms with Gasteiger partial charge in [0.25, 0.3) is 5.91 Å². The maximum atomic E-state index is 12.3. The highest BCUT2D eigenvalue weighted by Gasteiger charge is 2.19. The smallest absolute Gasteiger partial charge is 0.358 e. The Kier molecular flexibility index (Phi) is 4.30. The van der Waals surface area contributed by atoms with Gasteiger partial charge in [0.15, 0.2) is 5.69 Å². The normalized spacial score (nSPS) is 11.1. The monoisotopic (exact) mass is 301 g/mol. The van der Waals surface area contributed by atoms with Crippen molar-refractivity contribution in [2.75, 3.05) is 12.4 Å². The zero-order valence-electron chi connectivity index (χ0n) is 13.1. The number of amides is 1. The van der Waals surface area contributed by atoms with Gasteiger partial charge in [0.1, 0.15) is 0 Å². The number of ether oxygens (including phenoxy) is 1. The van der Waals surface area contributed by atoms with Crippen LogP contribution < -0.4 is 5.32 Å². The summed E-state index contributed by atoms with van der Waals surface area (Å²) in [4.78, 5) is 23.9. The molecule has 1 heterocycles. The van der Waals surface area contributed by atoms with E-state index in [0.29, 0.717) is 5.56 Å². The highest BCUT2D eigenvalue weighted by Crippen LogP contribution is 2.23. The zero-order chi connectivity index (χ0) is 16.3. The number of aromatic amines is 1. The van der Waals surface area contributed by atoms with E-state index >= 15 is 0 Å². The zero-order valence-corrected chi connectivity index (χ0v) is 13.1. The van der Waals surface area contributed by atoms with Gasteiger partial charge in [-0.05, 0) is 23.1 Å². The number of esters is 1. The first-order valence-electron chi connectivity index (χ1n) is 6.86. The molecule has 0 spiro atoms. The summed E-state index contributed by atoms with van der Waals surface area (Å²) in [6.07, 6.45) is 1.37. The lowest BCUT2D eigenvalue weighted by Crippen LogP contribution is -2.17. The molecule has 2 aromatic rings. The summed E-state index contributed by atoms with van der Waals surface area (Å²) in [5, 5.41) is 8.93. The largest absolute Gasteiger partial charge is 0.464 e. The first-order valence-corrected chi connectivity index (χ1v) is 6.86. The third-order valence-electron chi connectivity index (χ3n) is 3.27. The fourth-order valence-electron chi connectivity index (χ4n) is 1.96. The SMILES string of the molecule is COC(=O)c1[nH]ncc1NC(=O)c1cccc(C(C)(C)C)c1. The molecule has 1 aromatic heterocycles. The summed E-state index contributed by atoms with van der Waals surface area (Å²) in [6, 6.07) is 7.39. The molecule has 22 heavy (non-hydrogen) atoms. The predicted octanol–water partition coefficient (Wildman–Crippen LogP) is 2.75. The van der Waals surface area contributed by atoms with Crippen molar-refractivity contribution in [2.24, 2.45) is 0 Å². The van der Waals surface area contributed by atoms with Crippen molar-refractivity contribution in [1.82, 2.24) is 10.2 Å². The molecule has 0 radical (unpaired) electrons. The van der Waals surface area contributed by atoms with Gasteiger partial charge in [-0.1, -0.05) is 32.9 Å². The molecule has 1 aromatic carbocycles. The molecule has 0 saturated carbocycles. The first kappa shape index (κ1) is 15.8. The number of benzene rings is 1. The molecule has 0 bridgehead atoms. The Morgan fingerprint density at radius 2 is 2.00 bits per heavy atom. The van der Waals surface area contributed by atoms with E-state index in [4.69, 9.17) is 0 Å². The maximum Gasteiger partial charge on any atom is 0.358 e. The summed E-state index contributed by atoms with van der Waals surface area (Å²) in [7, 11) is 1.27. The van der Waals surface area contributed by atoms with Crippen LogP contribution in [0.15, 0.2) is 30.5 Å². The van der Waals surface area contributed by atoms with E-state index in [1.54, 1.807) is 6.07 Å². The van der Waals surface area contributed by atoms with Crippen LogP contribution in [0.25, 0.3) is 0 Å². The number of aromatic nitrogens is 2. The van der Waals surface area contributed by atoms with Gasteiger partial charge in [-0.25, -0.2) is 4.79 Å². The second-order valence-corrected chi connectivity index (χ2v) is 5.94. The molecule has 0 unspecified atom stereocenters. The van der Waals surface area contributed by atoms with Gasteiger partial charge in [0.05, 0.1) is 19.0 Å². The summed E-state index contributed by atoms with van der Waals surface area (Å²) >= 11 is 0. The molecule has 2 rings (SSSR count). The summed E-state index contributed by atoms with van der Waals surface area (Å²) < 4.78 is 4.62. The van der Waals surface area contributed by atoms with E-state index in [9.17, 15) is 9.59 Å². The third-order valence-corrected chi connectivity index (χ3v) is 3.27. The number of nitrogens with zero attached hydrogens (tertiary/aromatic N) is 1. The molecule has 0 atom stereocenters. The van der Waals surface area contributed by atoms with Crippen LogP contribution in [-0.4, -0.2) is 29.2 Å². The molecule has 0 aliphatic rings. The van der Waals surface area contributed by atoms with Gasteiger partial charge < -0.3 is 10.1 Å². The fraction of sp³-hybridized carbons (Fsp3) is 0.312. The number of hydrogen-bond donors (Lipinski definition) is 2. The van der Waals surface area contributed by atoms with Gasteiger partial charge in [0.2, 0.25) is 0 Å². The Labute approximate surface area is 128 Å². The minimum absolute atomic E-state index is 0.0525. The molecule has 2 N–H and O–H groups in total. The second-order valence-electron chi connectivity index (χ2n) is 5.94. The molecule has 1 amide bonds. The van der Waals surface area contributed by atoms with E-state index < -0.39 is 5.97 Å². The molecule has 0 aliphatic carbocycles.